The number of H-pyrrole nitrogens is 1. The Kier molecular flexibility index (Phi) is 4.17. The van der Waals surface area contributed by atoms with E-state index in [-0.39, 0.29) is 0 Å². The molecule has 25 heavy (non-hydrogen) atoms. The SMILES string of the molecule is COc1ccc2[nH]c(CN3CC[C@H](c4nc(C)cc(C)n4)C3)cc2c1. The molecule has 1 fully saturated rings. The Morgan fingerprint density at radius 1 is 1.16 bits per heavy atom. The normalized spacial score (nSPS) is 18.1. The summed E-state index contributed by atoms with van der Waals surface area (Å²) in [6.07, 6.45) is 1.12. The van der Waals surface area contributed by atoms with Gasteiger partial charge in [-0.15, -0.1) is 0 Å². The molecule has 0 spiro atoms. The molecule has 1 saturated heterocycles. The second-order valence-electron chi connectivity index (χ2n) is 6.98. The van der Waals surface area contributed by atoms with Crippen LogP contribution in [0.15, 0.2) is 30.3 Å². The molecular weight excluding hydrogens is 312 g/mol. The number of methoxy groups -OCH3 is 1. The van der Waals surface area contributed by atoms with Crippen LogP contribution in [0.2, 0.25) is 0 Å². The minimum Gasteiger partial charge on any atom is -0.497 e. The van der Waals surface area contributed by atoms with E-state index in [0.29, 0.717) is 5.92 Å². The van der Waals surface area contributed by atoms with E-state index in [1.54, 1.807) is 7.11 Å². The minimum atomic E-state index is 0.433. The van der Waals surface area contributed by atoms with E-state index in [2.05, 4.69) is 38.1 Å². The second-order valence-corrected chi connectivity index (χ2v) is 6.98. The number of aromatic amines is 1. The smallest absolute Gasteiger partial charge is 0.133 e. The van der Waals surface area contributed by atoms with Gasteiger partial charge >= 0.3 is 0 Å². The molecule has 1 aliphatic rings. The summed E-state index contributed by atoms with van der Waals surface area (Å²) >= 11 is 0. The molecule has 3 aromatic rings. The Bertz CT molecular complexity index is 882. The quantitative estimate of drug-likeness (QED) is 0.791. The Balaban J connectivity index is 1.47. The summed E-state index contributed by atoms with van der Waals surface area (Å²) in [6, 6.07) is 10.4. The highest BCUT2D eigenvalue weighted by molar-refractivity contribution is 5.81. The number of likely N-dealkylation sites (tertiary alicyclic amines) is 1. The summed E-state index contributed by atoms with van der Waals surface area (Å²) in [7, 11) is 1.70. The summed E-state index contributed by atoms with van der Waals surface area (Å²) in [6.45, 7) is 7.12. The molecular formula is C20H24N4O. The molecule has 0 unspecified atom stereocenters. The van der Waals surface area contributed by atoms with Crippen LogP contribution in [-0.4, -0.2) is 40.1 Å². The summed E-state index contributed by atoms with van der Waals surface area (Å²) in [5.41, 5.74) is 4.52. The second kappa shape index (κ2) is 6.48. The van der Waals surface area contributed by atoms with Gasteiger partial charge in [0.1, 0.15) is 11.6 Å². The van der Waals surface area contributed by atoms with Gasteiger partial charge in [-0.25, -0.2) is 9.97 Å². The lowest BCUT2D eigenvalue weighted by Crippen LogP contribution is -2.20. The molecule has 1 atom stereocenters. The standard InChI is InChI=1S/C20H24N4O/c1-13-8-14(2)22-20(21-13)15-6-7-24(11-15)12-17-9-16-10-18(25-3)4-5-19(16)23-17/h4-5,8-10,15,23H,6-7,11-12H2,1-3H3/t15-/m0/s1. The maximum absolute atomic E-state index is 5.31. The van der Waals surface area contributed by atoms with Crippen LogP contribution in [0.25, 0.3) is 10.9 Å². The van der Waals surface area contributed by atoms with Crippen molar-refractivity contribution in [1.82, 2.24) is 19.9 Å². The van der Waals surface area contributed by atoms with Crippen molar-refractivity contribution in [2.75, 3.05) is 20.2 Å². The average Bonchev–Trinajstić information content (AvgIpc) is 3.19. The van der Waals surface area contributed by atoms with Crippen LogP contribution in [0.1, 0.15) is 35.2 Å². The monoisotopic (exact) mass is 336 g/mol. The highest BCUT2D eigenvalue weighted by Crippen LogP contribution is 2.27. The number of hydrogen-bond donors (Lipinski definition) is 1. The summed E-state index contributed by atoms with van der Waals surface area (Å²) in [4.78, 5) is 15.3. The number of fused-ring (bicyclic) bond motifs is 1. The first-order valence-electron chi connectivity index (χ1n) is 8.81. The lowest BCUT2D eigenvalue weighted by atomic mass is 10.1. The van der Waals surface area contributed by atoms with Crippen LogP contribution in [0.5, 0.6) is 5.75 Å². The van der Waals surface area contributed by atoms with Gasteiger partial charge in [0.05, 0.1) is 7.11 Å². The summed E-state index contributed by atoms with van der Waals surface area (Å²) in [5, 5.41) is 1.20. The molecule has 1 aromatic carbocycles. The van der Waals surface area contributed by atoms with Crippen LogP contribution in [0.4, 0.5) is 0 Å². The van der Waals surface area contributed by atoms with Gasteiger partial charge in [0, 0.05) is 47.0 Å². The predicted molar refractivity (Wildman–Crippen MR) is 99.0 cm³/mol. The van der Waals surface area contributed by atoms with Gasteiger partial charge in [-0.2, -0.15) is 0 Å². The van der Waals surface area contributed by atoms with Crippen LogP contribution in [0, 0.1) is 13.8 Å². The van der Waals surface area contributed by atoms with Gasteiger partial charge in [0.25, 0.3) is 0 Å². The fraction of sp³-hybridized carbons (Fsp3) is 0.400. The molecule has 130 valence electrons. The molecule has 0 amide bonds. The van der Waals surface area contributed by atoms with E-state index in [9.17, 15) is 0 Å². The van der Waals surface area contributed by atoms with Crippen molar-refractivity contribution in [2.45, 2.75) is 32.7 Å². The fourth-order valence-electron chi connectivity index (χ4n) is 3.75. The lowest BCUT2D eigenvalue weighted by molar-refractivity contribution is 0.322. The number of rotatable bonds is 4. The molecule has 0 radical (unpaired) electrons. The zero-order chi connectivity index (χ0) is 17.4. The predicted octanol–water partition coefficient (Wildman–Crippen LogP) is 3.57. The third-order valence-electron chi connectivity index (χ3n) is 4.91. The van der Waals surface area contributed by atoms with Crippen molar-refractivity contribution in [3.8, 4) is 5.75 Å². The number of aromatic nitrogens is 3. The van der Waals surface area contributed by atoms with E-state index in [1.807, 2.05) is 26.0 Å². The average molecular weight is 336 g/mol. The molecule has 2 aromatic heterocycles. The van der Waals surface area contributed by atoms with Gasteiger partial charge in [-0.1, -0.05) is 0 Å². The van der Waals surface area contributed by atoms with Crippen molar-refractivity contribution in [1.29, 1.82) is 0 Å². The Hall–Kier alpha value is -2.40. The Morgan fingerprint density at radius 3 is 2.72 bits per heavy atom. The maximum atomic E-state index is 5.31. The number of nitrogens with one attached hydrogen (secondary N) is 1. The first-order valence-corrected chi connectivity index (χ1v) is 8.81. The van der Waals surface area contributed by atoms with Crippen molar-refractivity contribution < 1.29 is 4.74 Å². The molecule has 3 heterocycles. The van der Waals surface area contributed by atoms with Gasteiger partial charge in [-0.3, -0.25) is 4.90 Å². The third-order valence-corrected chi connectivity index (χ3v) is 4.91. The van der Waals surface area contributed by atoms with Crippen molar-refractivity contribution in [2.24, 2.45) is 0 Å². The van der Waals surface area contributed by atoms with Crippen LogP contribution in [-0.2, 0) is 6.54 Å². The Labute approximate surface area is 148 Å². The topological polar surface area (TPSA) is 54.0 Å². The van der Waals surface area contributed by atoms with Crippen molar-refractivity contribution in [3.63, 3.8) is 0 Å². The zero-order valence-corrected chi connectivity index (χ0v) is 15.0. The van der Waals surface area contributed by atoms with E-state index >= 15 is 0 Å². The number of benzene rings is 1. The number of ether oxygens (including phenoxy) is 1. The highest BCUT2D eigenvalue weighted by atomic mass is 16.5. The van der Waals surface area contributed by atoms with Crippen LogP contribution >= 0.6 is 0 Å². The van der Waals surface area contributed by atoms with E-state index < -0.39 is 0 Å². The van der Waals surface area contributed by atoms with E-state index in [4.69, 9.17) is 4.74 Å². The van der Waals surface area contributed by atoms with Gasteiger partial charge in [0.2, 0.25) is 0 Å². The minimum absolute atomic E-state index is 0.433. The maximum Gasteiger partial charge on any atom is 0.133 e. The van der Waals surface area contributed by atoms with Crippen LogP contribution < -0.4 is 4.74 Å². The summed E-state index contributed by atoms with van der Waals surface area (Å²) in [5.74, 6) is 2.33. The molecule has 5 heteroatoms. The molecule has 1 N–H and O–H groups in total. The number of aryl methyl sites for hydroxylation is 2. The third kappa shape index (κ3) is 3.37. The van der Waals surface area contributed by atoms with Gasteiger partial charge in [0.15, 0.2) is 0 Å². The number of nitrogens with zero attached hydrogens (tertiary/aromatic N) is 3. The van der Waals surface area contributed by atoms with Crippen molar-refractivity contribution >= 4 is 10.9 Å². The first kappa shape index (κ1) is 16.1. The van der Waals surface area contributed by atoms with Gasteiger partial charge < -0.3 is 9.72 Å². The van der Waals surface area contributed by atoms with Crippen LogP contribution in [0.3, 0.4) is 0 Å². The molecule has 4 rings (SSSR count). The molecule has 0 bridgehead atoms. The largest absolute Gasteiger partial charge is 0.497 e. The van der Waals surface area contributed by atoms with E-state index in [0.717, 1.165) is 54.5 Å². The zero-order valence-electron chi connectivity index (χ0n) is 15.0. The lowest BCUT2D eigenvalue weighted by Gasteiger charge is -2.15. The fourth-order valence-corrected chi connectivity index (χ4v) is 3.75. The Morgan fingerprint density at radius 2 is 1.96 bits per heavy atom. The van der Waals surface area contributed by atoms with Crippen molar-refractivity contribution in [3.05, 3.63) is 53.2 Å². The molecule has 5 nitrogen and oxygen atoms in total. The highest BCUT2D eigenvalue weighted by Gasteiger charge is 2.26. The van der Waals surface area contributed by atoms with E-state index in [1.165, 1.54) is 11.1 Å². The summed E-state index contributed by atoms with van der Waals surface area (Å²) < 4.78 is 5.31. The molecule has 1 aliphatic heterocycles. The number of hydrogen-bond acceptors (Lipinski definition) is 4. The molecule has 0 saturated carbocycles. The van der Waals surface area contributed by atoms with Gasteiger partial charge in [-0.05, 0) is 57.1 Å². The molecule has 0 aliphatic carbocycles. The first-order chi connectivity index (χ1) is 12.1.